The monoisotopic (exact) mass is 298 g/mol. The Morgan fingerprint density at radius 3 is 2.65 bits per heavy atom. The second kappa shape index (κ2) is 6.29. The van der Waals surface area contributed by atoms with Crippen LogP contribution in [0.3, 0.4) is 0 Å². The van der Waals surface area contributed by atoms with E-state index < -0.39 is 0 Å². The van der Waals surface area contributed by atoms with Gasteiger partial charge in [-0.1, -0.05) is 34.5 Å². The lowest BCUT2D eigenvalue weighted by molar-refractivity contribution is 0.266. The zero-order valence-corrected chi connectivity index (χ0v) is 11.8. The van der Waals surface area contributed by atoms with Gasteiger partial charge in [0.1, 0.15) is 0 Å². The Balaban J connectivity index is 1.81. The van der Waals surface area contributed by atoms with Crippen molar-refractivity contribution in [3.05, 3.63) is 24.3 Å². The highest BCUT2D eigenvalue weighted by molar-refractivity contribution is 9.09. The molecule has 0 bridgehead atoms. The van der Waals surface area contributed by atoms with Crippen LogP contribution in [0.2, 0.25) is 0 Å². The predicted octanol–water partition coefficient (Wildman–Crippen LogP) is 4.03. The number of halogens is 1. The van der Waals surface area contributed by atoms with E-state index in [1.807, 2.05) is 24.3 Å². The van der Waals surface area contributed by atoms with Crippen LogP contribution in [0.25, 0.3) is 0 Å². The molecule has 2 atom stereocenters. The van der Waals surface area contributed by atoms with Crippen molar-refractivity contribution >= 4 is 15.9 Å². The molecular formula is C14H19BrO2. The molecule has 0 spiro atoms. The minimum Gasteiger partial charge on any atom is -0.493 e. The Morgan fingerprint density at radius 1 is 1.24 bits per heavy atom. The van der Waals surface area contributed by atoms with E-state index in [4.69, 9.17) is 9.47 Å². The first-order valence-corrected chi connectivity index (χ1v) is 7.12. The maximum absolute atomic E-state index is 5.79. The van der Waals surface area contributed by atoms with Gasteiger partial charge in [0.05, 0.1) is 13.7 Å². The number of methoxy groups -OCH3 is 1. The summed E-state index contributed by atoms with van der Waals surface area (Å²) in [7, 11) is 1.67. The first-order chi connectivity index (χ1) is 8.31. The van der Waals surface area contributed by atoms with Crippen molar-refractivity contribution in [2.45, 2.75) is 30.5 Å². The molecule has 0 amide bonds. The van der Waals surface area contributed by atoms with Crippen molar-refractivity contribution in [1.82, 2.24) is 0 Å². The molecule has 1 aromatic rings. The molecule has 0 aromatic heterocycles. The first kappa shape index (κ1) is 12.7. The lowest BCUT2D eigenvalue weighted by Crippen LogP contribution is -2.11. The number of para-hydroxylation sites is 2. The highest BCUT2D eigenvalue weighted by Crippen LogP contribution is 2.34. The highest BCUT2D eigenvalue weighted by atomic mass is 79.9. The van der Waals surface area contributed by atoms with Gasteiger partial charge < -0.3 is 9.47 Å². The Hall–Kier alpha value is -0.700. The molecule has 1 saturated carbocycles. The van der Waals surface area contributed by atoms with Gasteiger partial charge in [0.25, 0.3) is 0 Å². The summed E-state index contributed by atoms with van der Waals surface area (Å²) in [5.41, 5.74) is 0. The predicted molar refractivity (Wildman–Crippen MR) is 73.2 cm³/mol. The highest BCUT2D eigenvalue weighted by Gasteiger charge is 2.24. The molecule has 1 aromatic carbocycles. The van der Waals surface area contributed by atoms with Crippen LogP contribution in [0, 0.1) is 5.92 Å². The summed E-state index contributed by atoms with van der Waals surface area (Å²) in [5, 5.41) is 0. The SMILES string of the molecule is COc1ccccc1OCCC1CCCC1Br. The van der Waals surface area contributed by atoms with E-state index in [1.165, 1.54) is 19.3 Å². The lowest BCUT2D eigenvalue weighted by atomic mass is 10.1. The molecule has 2 unspecified atom stereocenters. The zero-order valence-electron chi connectivity index (χ0n) is 10.2. The summed E-state index contributed by atoms with van der Waals surface area (Å²) in [4.78, 5) is 0.684. The Bertz CT molecular complexity index is 354. The maximum atomic E-state index is 5.79. The van der Waals surface area contributed by atoms with Crippen LogP contribution in [0.1, 0.15) is 25.7 Å². The van der Waals surface area contributed by atoms with Crippen LogP contribution < -0.4 is 9.47 Å². The van der Waals surface area contributed by atoms with Gasteiger partial charge in [-0.15, -0.1) is 0 Å². The molecule has 94 valence electrons. The van der Waals surface area contributed by atoms with Crippen LogP contribution in [-0.4, -0.2) is 18.5 Å². The molecule has 0 N–H and O–H groups in total. The fraction of sp³-hybridized carbons (Fsp3) is 0.571. The third kappa shape index (κ3) is 3.38. The smallest absolute Gasteiger partial charge is 0.161 e. The Kier molecular flexibility index (Phi) is 4.72. The van der Waals surface area contributed by atoms with Gasteiger partial charge in [0, 0.05) is 4.83 Å². The average Bonchev–Trinajstić information content (AvgIpc) is 2.76. The van der Waals surface area contributed by atoms with Gasteiger partial charge in [-0.25, -0.2) is 0 Å². The third-order valence-corrected chi connectivity index (χ3v) is 4.59. The van der Waals surface area contributed by atoms with Crippen molar-refractivity contribution in [3.63, 3.8) is 0 Å². The average molecular weight is 299 g/mol. The number of rotatable bonds is 5. The summed E-state index contributed by atoms with van der Waals surface area (Å²) in [6.45, 7) is 0.771. The van der Waals surface area contributed by atoms with Gasteiger partial charge in [-0.3, -0.25) is 0 Å². The summed E-state index contributed by atoms with van der Waals surface area (Å²) >= 11 is 3.74. The van der Waals surface area contributed by atoms with Crippen molar-refractivity contribution in [1.29, 1.82) is 0 Å². The molecule has 17 heavy (non-hydrogen) atoms. The molecule has 2 nitrogen and oxygen atoms in total. The molecule has 0 radical (unpaired) electrons. The first-order valence-electron chi connectivity index (χ1n) is 6.21. The molecule has 1 aliphatic carbocycles. The summed E-state index contributed by atoms with van der Waals surface area (Å²) in [5.74, 6) is 2.43. The molecule has 1 aliphatic rings. The van der Waals surface area contributed by atoms with Crippen molar-refractivity contribution in [3.8, 4) is 11.5 Å². The fourth-order valence-corrected chi connectivity index (χ4v) is 3.23. The van der Waals surface area contributed by atoms with Crippen LogP contribution in [-0.2, 0) is 0 Å². The summed E-state index contributed by atoms with van der Waals surface area (Å²) in [6.07, 6.45) is 5.09. The Morgan fingerprint density at radius 2 is 2.00 bits per heavy atom. The number of ether oxygens (including phenoxy) is 2. The van der Waals surface area contributed by atoms with Gasteiger partial charge in [-0.2, -0.15) is 0 Å². The molecule has 1 fully saturated rings. The lowest BCUT2D eigenvalue weighted by Gasteiger charge is -2.15. The second-order valence-electron chi connectivity index (χ2n) is 4.49. The molecule has 3 heteroatoms. The zero-order chi connectivity index (χ0) is 12.1. The van der Waals surface area contributed by atoms with Crippen LogP contribution in [0.4, 0.5) is 0 Å². The largest absolute Gasteiger partial charge is 0.493 e. The van der Waals surface area contributed by atoms with Crippen molar-refractivity contribution in [2.75, 3.05) is 13.7 Å². The van der Waals surface area contributed by atoms with Crippen LogP contribution in [0.15, 0.2) is 24.3 Å². The van der Waals surface area contributed by atoms with E-state index in [1.54, 1.807) is 7.11 Å². The van der Waals surface area contributed by atoms with Crippen LogP contribution >= 0.6 is 15.9 Å². The molecule has 0 aliphatic heterocycles. The normalized spacial score (nSPS) is 23.6. The molecule has 0 saturated heterocycles. The van der Waals surface area contributed by atoms with Gasteiger partial charge >= 0.3 is 0 Å². The van der Waals surface area contributed by atoms with E-state index in [-0.39, 0.29) is 0 Å². The minimum absolute atomic E-state index is 0.684. The topological polar surface area (TPSA) is 18.5 Å². The standard InChI is InChI=1S/C14H19BrO2/c1-16-13-7-2-3-8-14(13)17-10-9-11-5-4-6-12(11)15/h2-3,7-8,11-12H,4-6,9-10H2,1H3. The second-order valence-corrected chi connectivity index (χ2v) is 5.67. The molecule has 2 rings (SSSR count). The van der Waals surface area contributed by atoms with E-state index >= 15 is 0 Å². The summed E-state index contributed by atoms with van der Waals surface area (Å²) < 4.78 is 11.0. The van der Waals surface area contributed by atoms with Gasteiger partial charge in [-0.05, 0) is 37.3 Å². The van der Waals surface area contributed by atoms with Crippen LogP contribution in [0.5, 0.6) is 11.5 Å². The third-order valence-electron chi connectivity index (χ3n) is 3.38. The van der Waals surface area contributed by atoms with E-state index in [2.05, 4.69) is 15.9 Å². The van der Waals surface area contributed by atoms with Crippen molar-refractivity contribution in [2.24, 2.45) is 5.92 Å². The van der Waals surface area contributed by atoms with E-state index in [9.17, 15) is 0 Å². The van der Waals surface area contributed by atoms with E-state index in [0.717, 1.165) is 30.4 Å². The number of benzene rings is 1. The number of hydrogen-bond donors (Lipinski definition) is 0. The fourth-order valence-electron chi connectivity index (χ4n) is 2.38. The number of hydrogen-bond acceptors (Lipinski definition) is 2. The molecular weight excluding hydrogens is 280 g/mol. The molecule has 0 heterocycles. The number of alkyl halides is 1. The summed E-state index contributed by atoms with van der Waals surface area (Å²) in [6, 6.07) is 7.81. The van der Waals surface area contributed by atoms with Gasteiger partial charge in [0.15, 0.2) is 11.5 Å². The van der Waals surface area contributed by atoms with Crippen molar-refractivity contribution < 1.29 is 9.47 Å². The quantitative estimate of drug-likeness (QED) is 0.764. The van der Waals surface area contributed by atoms with E-state index in [0.29, 0.717) is 4.83 Å². The Labute approximate surface area is 111 Å². The maximum Gasteiger partial charge on any atom is 0.161 e. The van der Waals surface area contributed by atoms with Gasteiger partial charge in [0.2, 0.25) is 0 Å². The minimum atomic E-state index is 0.684.